The predicted octanol–water partition coefficient (Wildman–Crippen LogP) is 4.42. The highest BCUT2D eigenvalue weighted by molar-refractivity contribution is 5.76. The smallest absolute Gasteiger partial charge is 0.249 e. The van der Waals surface area contributed by atoms with Crippen LogP contribution in [0.25, 0.3) is 22.9 Å². The fraction of sp³-hybridized carbons (Fsp3) is 0.174. The van der Waals surface area contributed by atoms with Crippen molar-refractivity contribution in [2.24, 2.45) is 0 Å². The van der Waals surface area contributed by atoms with Gasteiger partial charge < -0.3 is 14.3 Å². The molecule has 0 radical (unpaired) electrons. The van der Waals surface area contributed by atoms with E-state index in [9.17, 15) is 13.6 Å². The van der Waals surface area contributed by atoms with Gasteiger partial charge in [-0.2, -0.15) is 0 Å². The Morgan fingerprint density at radius 3 is 2.48 bits per heavy atom. The Morgan fingerprint density at radius 1 is 1.00 bits per heavy atom. The lowest BCUT2D eigenvalue weighted by molar-refractivity contribution is -0.121. The number of benzene rings is 2. The summed E-state index contributed by atoms with van der Waals surface area (Å²) in [4.78, 5) is 12.4. The molecule has 4 aromatic rings. The van der Waals surface area contributed by atoms with E-state index < -0.39 is 0 Å². The third-order valence-corrected chi connectivity index (χ3v) is 5.00. The zero-order valence-electron chi connectivity index (χ0n) is 17.0. The summed E-state index contributed by atoms with van der Waals surface area (Å²) in [6.45, 7) is 4.09. The first-order valence-corrected chi connectivity index (χ1v) is 9.68. The number of nitrogens with zero attached hydrogens (tertiary/aromatic N) is 3. The highest BCUT2D eigenvalue weighted by Gasteiger charge is 2.18. The van der Waals surface area contributed by atoms with E-state index in [-0.39, 0.29) is 36.5 Å². The second-order valence-corrected chi connectivity index (χ2v) is 7.20. The molecule has 1 N–H and O–H groups in total. The first kappa shape index (κ1) is 20.5. The number of hydrogen-bond donors (Lipinski definition) is 1. The Kier molecular flexibility index (Phi) is 5.62. The summed E-state index contributed by atoms with van der Waals surface area (Å²) in [5, 5.41) is 10.9. The third-order valence-electron chi connectivity index (χ3n) is 5.00. The SMILES string of the molecule is Cc1cc(-c2nnc(-c3ccc(F)cc3)o2)c(C)n1CC(=O)NCc1cccc(F)c1. The average Bonchev–Trinajstić information content (AvgIpc) is 3.33. The van der Waals surface area contributed by atoms with E-state index in [1.165, 1.54) is 24.3 Å². The van der Waals surface area contributed by atoms with Crippen molar-refractivity contribution in [2.75, 3.05) is 0 Å². The van der Waals surface area contributed by atoms with Crippen molar-refractivity contribution in [1.82, 2.24) is 20.1 Å². The Bertz CT molecular complexity index is 1230. The maximum atomic E-state index is 13.3. The van der Waals surface area contributed by atoms with Crippen molar-refractivity contribution in [3.05, 3.63) is 83.2 Å². The van der Waals surface area contributed by atoms with Crippen LogP contribution in [-0.2, 0) is 17.9 Å². The normalized spacial score (nSPS) is 11.0. The fourth-order valence-corrected chi connectivity index (χ4v) is 3.35. The van der Waals surface area contributed by atoms with Crippen LogP contribution in [0, 0.1) is 25.5 Å². The maximum absolute atomic E-state index is 13.3. The number of nitrogens with one attached hydrogen (secondary N) is 1. The van der Waals surface area contributed by atoms with Crippen LogP contribution < -0.4 is 5.32 Å². The summed E-state index contributed by atoms with van der Waals surface area (Å²) in [7, 11) is 0. The molecule has 0 aliphatic heterocycles. The molecular formula is C23H20F2N4O2. The molecule has 31 heavy (non-hydrogen) atoms. The lowest BCUT2D eigenvalue weighted by Crippen LogP contribution is -2.27. The molecule has 0 aliphatic rings. The van der Waals surface area contributed by atoms with Crippen LogP contribution in [0.3, 0.4) is 0 Å². The average molecular weight is 422 g/mol. The van der Waals surface area contributed by atoms with Crippen LogP contribution in [0.2, 0.25) is 0 Å². The number of halogens is 2. The molecule has 2 aromatic heterocycles. The minimum atomic E-state index is -0.345. The molecule has 8 heteroatoms. The predicted molar refractivity (Wildman–Crippen MR) is 111 cm³/mol. The van der Waals surface area contributed by atoms with Gasteiger partial charge in [-0.15, -0.1) is 10.2 Å². The molecule has 158 valence electrons. The van der Waals surface area contributed by atoms with Crippen LogP contribution in [0.15, 0.2) is 59.0 Å². The number of aryl methyl sites for hydroxylation is 1. The van der Waals surface area contributed by atoms with E-state index in [2.05, 4.69) is 15.5 Å². The quantitative estimate of drug-likeness (QED) is 0.499. The summed E-state index contributed by atoms with van der Waals surface area (Å²) >= 11 is 0. The summed E-state index contributed by atoms with van der Waals surface area (Å²) in [5.41, 5.74) is 3.68. The van der Waals surface area contributed by atoms with E-state index in [1.54, 1.807) is 24.3 Å². The lowest BCUT2D eigenvalue weighted by atomic mass is 10.2. The van der Waals surface area contributed by atoms with E-state index in [4.69, 9.17) is 4.42 Å². The number of carbonyl (C=O) groups excluding carboxylic acids is 1. The Hall–Kier alpha value is -3.81. The van der Waals surface area contributed by atoms with Gasteiger partial charge >= 0.3 is 0 Å². The van der Waals surface area contributed by atoms with E-state index >= 15 is 0 Å². The molecular weight excluding hydrogens is 402 g/mol. The van der Waals surface area contributed by atoms with Crippen molar-refractivity contribution in [1.29, 1.82) is 0 Å². The van der Waals surface area contributed by atoms with E-state index in [0.29, 0.717) is 17.0 Å². The van der Waals surface area contributed by atoms with Crippen LogP contribution >= 0.6 is 0 Å². The maximum Gasteiger partial charge on any atom is 0.249 e. The molecule has 0 saturated carbocycles. The molecule has 0 unspecified atom stereocenters. The van der Waals surface area contributed by atoms with Crippen LogP contribution in [-0.4, -0.2) is 20.7 Å². The lowest BCUT2D eigenvalue weighted by Gasteiger charge is -2.10. The van der Waals surface area contributed by atoms with Crippen molar-refractivity contribution in [3.8, 4) is 22.9 Å². The molecule has 2 heterocycles. The minimum Gasteiger partial charge on any atom is -0.416 e. The molecule has 2 aromatic carbocycles. The molecule has 0 fully saturated rings. The Labute approximate surface area is 177 Å². The van der Waals surface area contributed by atoms with Crippen molar-refractivity contribution >= 4 is 5.91 Å². The molecule has 0 bridgehead atoms. The molecule has 1 amide bonds. The first-order chi connectivity index (χ1) is 14.9. The van der Waals surface area contributed by atoms with Crippen LogP contribution in [0.5, 0.6) is 0 Å². The summed E-state index contributed by atoms with van der Waals surface area (Å²) in [6.07, 6.45) is 0. The minimum absolute atomic E-state index is 0.103. The van der Waals surface area contributed by atoms with Crippen molar-refractivity contribution in [2.45, 2.75) is 26.9 Å². The highest BCUT2D eigenvalue weighted by atomic mass is 19.1. The molecule has 0 spiro atoms. The van der Waals surface area contributed by atoms with Gasteiger partial charge in [-0.1, -0.05) is 12.1 Å². The second-order valence-electron chi connectivity index (χ2n) is 7.20. The van der Waals surface area contributed by atoms with Gasteiger partial charge in [0.25, 0.3) is 0 Å². The van der Waals surface area contributed by atoms with E-state index in [1.807, 2.05) is 24.5 Å². The Morgan fingerprint density at radius 2 is 1.74 bits per heavy atom. The monoisotopic (exact) mass is 422 g/mol. The van der Waals surface area contributed by atoms with Gasteiger partial charge in [0.1, 0.15) is 18.2 Å². The highest BCUT2D eigenvalue weighted by Crippen LogP contribution is 2.28. The zero-order chi connectivity index (χ0) is 22.0. The Balaban J connectivity index is 1.48. The number of aromatic nitrogens is 3. The van der Waals surface area contributed by atoms with Crippen molar-refractivity contribution < 1.29 is 18.0 Å². The number of hydrogen-bond acceptors (Lipinski definition) is 4. The molecule has 0 atom stereocenters. The second kappa shape index (κ2) is 8.51. The van der Waals surface area contributed by atoms with Crippen molar-refractivity contribution in [3.63, 3.8) is 0 Å². The van der Waals surface area contributed by atoms with Gasteiger partial charge in [0.05, 0.1) is 5.56 Å². The molecule has 0 saturated heterocycles. The van der Waals surface area contributed by atoms with E-state index in [0.717, 1.165) is 17.0 Å². The van der Waals surface area contributed by atoms with Crippen LogP contribution in [0.1, 0.15) is 17.0 Å². The van der Waals surface area contributed by atoms with Gasteiger partial charge in [-0.05, 0) is 61.9 Å². The number of carbonyl (C=O) groups is 1. The standard InChI is InChI=1S/C23H20F2N4O2/c1-14-10-20(23-28-27-22(31-23)17-6-8-18(24)9-7-17)15(2)29(14)13-21(30)26-12-16-4-3-5-19(25)11-16/h3-11H,12-13H2,1-2H3,(H,26,30). The van der Waals surface area contributed by atoms with Gasteiger partial charge in [0.2, 0.25) is 17.7 Å². The third kappa shape index (κ3) is 4.53. The summed E-state index contributed by atoms with van der Waals surface area (Å²) in [6, 6.07) is 13.8. The van der Waals surface area contributed by atoms with Crippen LogP contribution in [0.4, 0.5) is 8.78 Å². The largest absolute Gasteiger partial charge is 0.416 e. The number of rotatable bonds is 6. The van der Waals surface area contributed by atoms with Gasteiger partial charge in [-0.25, -0.2) is 8.78 Å². The van der Waals surface area contributed by atoms with Gasteiger partial charge in [-0.3, -0.25) is 4.79 Å². The first-order valence-electron chi connectivity index (χ1n) is 9.68. The summed E-state index contributed by atoms with van der Waals surface area (Å²) < 4.78 is 34.0. The fourth-order valence-electron chi connectivity index (χ4n) is 3.35. The number of amides is 1. The summed E-state index contributed by atoms with van der Waals surface area (Å²) in [5.74, 6) is -0.280. The molecule has 4 rings (SSSR count). The topological polar surface area (TPSA) is 73.0 Å². The zero-order valence-corrected chi connectivity index (χ0v) is 17.0. The van der Waals surface area contributed by atoms with Gasteiger partial charge in [0.15, 0.2) is 0 Å². The van der Waals surface area contributed by atoms with Gasteiger partial charge in [0, 0.05) is 23.5 Å². The molecule has 0 aliphatic carbocycles. The molecule has 6 nitrogen and oxygen atoms in total.